The summed E-state index contributed by atoms with van der Waals surface area (Å²) < 4.78 is 49.0. The number of nitrogens with one attached hydrogen (secondary N) is 1. The Hall–Kier alpha value is -2.82. The van der Waals surface area contributed by atoms with E-state index in [1.54, 1.807) is 28.8 Å². The van der Waals surface area contributed by atoms with Gasteiger partial charge in [0.25, 0.3) is 0 Å². The highest BCUT2D eigenvalue weighted by molar-refractivity contribution is 7.89. The molecule has 0 spiro atoms. The molecule has 32 heavy (non-hydrogen) atoms. The van der Waals surface area contributed by atoms with Gasteiger partial charge in [0, 0.05) is 23.9 Å². The number of ether oxygens (including phenoxy) is 1. The van der Waals surface area contributed by atoms with Crippen molar-refractivity contribution in [2.45, 2.75) is 32.1 Å². The van der Waals surface area contributed by atoms with Crippen LogP contribution in [0.25, 0.3) is 16.3 Å². The Balaban J connectivity index is 1.48. The van der Waals surface area contributed by atoms with E-state index in [1.165, 1.54) is 23.5 Å². The van der Waals surface area contributed by atoms with Crippen LogP contribution in [0.15, 0.2) is 46.7 Å². The lowest BCUT2D eigenvalue weighted by atomic mass is 10.1. The number of benzene rings is 2. The molecule has 2 heterocycles. The molecule has 0 aliphatic carbocycles. The van der Waals surface area contributed by atoms with Gasteiger partial charge in [-0.25, -0.2) is 22.0 Å². The van der Waals surface area contributed by atoms with E-state index in [2.05, 4.69) is 14.8 Å². The molecule has 0 saturated carbocycles. The van der Waals surface area contributed by atoms with E-state index in [-0.39, 0.29) is 17.3 Å². The molecule has 7 nitrogen and oxygen atoms in total. The largest absolute Gasteiger partial charge is 0.493 e. The van der Waals surface area contributed by atoms with Gasteiger partial charge in [0.1, 0.15) is 11.6 Å². The number of aryl methyl sites for hydroxylation is 2. The molecule has 4 rings (SSSR count). The van der Waals surface area contributed by atoms with Gasteiger partial charge in [-0.2, -0.15) is 4.98 Å². The van der Waals surface area contributed by atoms with Gasteiger partial charge in [0.15, 0.2) is 5.82 Å². The Bertz CT molecular complexity index is 1360. The molecule has 0 saturated heterocycles. The third-order valence-corrected chi connectivity index (χ3v) is 7.24. The summed E-state index contributed by atoms with van der Waals surface area (Å²) in [6.07, 6.45) is 0.431. The van der Waals surface area contributed by atoms with E-state index in [1.807, 2.05) is 26.2 Å². The van der Waals surface area contributed by atoms with Crippen molar-refractivity contribution in [3.63, 3.8) is 0 Å². The number of hydrogen-bond donors (Lipinski definition) is 1. The van der Waals surface area contributed by atoms with Gasteiger partial charge in [-0.1, -0.05) is 12.1 Å². The zero-order chi connectivity index (χ0) is 22.9. The van der Waals surface area contributed by atoms with Crippen LogP contribution in [0.1, 0.15) is 23.7 Å². The summed E-state index contributed by atoms with van der Waals surface area (Å²) in [4.78, 5) is 5.32. The fourth-order valence-electron chi connectivity index (χ4n) is 3.48. The van der Waals surface area contributed by atoms with Crippen molar-refractivity contribution in [2.75, 3.05) is 13.2 Å². The predicted octanol–water partition coefficient (Wildman–Crippen LogP) is 4.13. The van der Waals surface area contributed by atoms with Crippen LogP contribution in [-0.2, 0) is 16.4 Å². The molecule has 0 aliphatic rings. The monoisotopic (exact) mass is 474 g/mol. The molecule has 0 amide bonds. The number of rotatable bonds is 8. The molecule has 0 fully saturated rings. The number of nitrogens with zero attached hydrogens (tertiary/aromatic N) is 3. The van der Waals surface area contributed by atoms with Crippen LogP contribution in [0.4, 0.5) is 4.39 Å². The molecular formula is C22H23FN4O3S2. The van der Waals surface area contributed by atoms with Gasteiger partial charge in [0.05, 0.1) is 17.2 Å². The number of thiazole rings is 1. The normalized spacial score (nSPS) is 11.9. The molecular weight excluding hydrogens is 451 g/mol. The second-order valence-corrected chi connectivity index (χ2v) is 9.94. The third-order valence-electron chi connectivity index (χ3n) is 4.94. The SMILES string of the molecule is CCOc1c(C)cc(S(=O)(=O)NCCc2csc3nc(-c4cccc(F)c4)nn23)cc1C. The number of aromatic nitrogens is 3. The third kappa shape index (κ3) is 4.52. The average molecular weight is 475 g/mol. The minimum Gasteiger partial charge on any atom is -0.493 e. The lowest BCUT2D eigenvalue weighted by molar-refractivity contribution is 0.335. The van der Waals surface area contributed by atoms with Crippen molar-refractivity contribution in [1.82, 2.24) is 19.3 Å². The van der Waals surface area contributed by atoms with Gasteiger partial charge in [-0.05, 0) is 56.2 Å². The van der Waals surface area contributed by atoms with Crippen LogP contribution in [0.3, 0.4) is 0 Å². The van der Waals surface area contributed by atoms with E-state index in [0.717, 1.165) is 16.8 Å². The van der Waals surface area contributed by atoms with E-state index < -0.39 is 10.0 Å². The van der Waals surface area contributed by atoms with Gasteiger partial charge < -0.3 is 4.74 Å². The number of halogens is 1. The van der Waals surface area contributed by atoms with Crippen LogP contribution in [0.2, 0.25) is 0 Å². The highest BCUT2D eigenvalue weighted by atomic mass is 32.2. The summed E-state index contributed by atoms with van der Waals surface area (Å²) >= 11 is 1.40. The van der Waals surface area contributed by atoms with E-state index in [9.17, 15) is 12.8 Å². The molecule has 0 bridgehead atoms. The van der Waals surface area contributed by atoms with Crippen molar-refractivity contribution in [2.24, 2.45) is 0 Å². The molecule has 0 radical (unpaired) electrons. The average Bonchev–Trinajstić information content (AvgIpc) is 3.32. The molecule has 2 aromatic heterocycles. The van der Waals surface area contributed by atoms with E-state index in [0.29, 0.717) is 35.1 Å². The zero-order valence-corrected chi connectivity index (χ0v) is 19.6. The van der Waals surface area contributed by atoms with Crippen molar-refractivity contribution in [3.05, 3.63) is 64.4 Å². The van der Waals surface area contributed by atoms with E-state index >= 15 is 0 Å². The van der Waals surface area contributed by atoms with Gasteiger partial charge in [-0.15, -0.1) is 16.4 Å². The predicted molar refractivity (Wildman–Crippen MR) is 122 cm³/mol. The van der Waals surface area contributed by atoms with Crippen LogP contribution < -0.4 is 9.46 Å². The lowest BCUT2D eigenvalue weighted by Crippen LogP contribution is -2.26. The summed E-state index contributed by atoms with van der Waals surface area (Å²) in [5.74, 6) is 0.793. The summed E-state index contributed by atoms with van der Waals surface area (Å²) in [7, 11) is -3.68. The molecule has 168 valence electrons. The number of hydrogen-bond acceptors (Lipinski definition) is 6. The quantitative estimate of drug-likeness (QED) is 0.415. The topological polar surface area (TPSA) is 85.6 Å². The fourth-order valence-corrected chi connectivity index (χ4v) is 5.54. The van der Waals surface area contributed by atoms with Crippen molar-refractivity contribution >= 4 is 26.3 Å². The Kier molecular flexibility index (Phi) is 6.27. The van der Waals surface area contributed by atoms with Gasteiger partial charge in [0.2, 0.25) is 15.0 Å². The van der Waals surface area contributed by atoms with Gasteiger partial charge in [-0.3, -0.25) is 0 Å². The molecule has 0 atom stereocenters. The standard InChI is InChI=1S/C22H23FN4O3S2/c1-4-30-20-14(2)10-19(11-15(20)3)32(28,29)24-9-8-18-13-31-22-25-21(26-27(18)22)16-6-5-7-17(23)12-16/h5-7,10-13,24H,4,8-9H2,1-3H3. The smallest absolute Gasteiger partial charge is 0.240 e. The molecule has 1 N–H and O–H groups in total. The molecule has 10 heteroatoms. The van der Waals surface area contributed by atoms with Crippen molar-refractivity contribution in [1.29, 1.82) is 0 Å². The first-order valence-corrected chi connectivity index (χ1v) is 12.5. The Labute approximate surface area is 189 Å². The highest BCUT2D eigenvalue weighted by Crippen LogP contribution is 2.27. The minimum absolute atomic E-state index is 0.203. The summed E-state index contributed by atoms with van der Waals surface area (Å²) in [5, 5.41) is 6.36. The minimum atomic E-state index is -3.68. The summed E-state index contributed by atoms with van der Waals surface area (Å²) in [6, 6.07) is 9.34. The summed E-state index contributed by atoms with van der Waals surface area (Å²) in [5.41, 5.74) is 2.97. The maximum Gasteiger partial charge on any atom is 0.240 e. The first-order chi connectivity index (χ1) is 15.3. The Morgan fingerprint density at radius 2 is 1.94 bits per heavy atom. The Morgan fingerprint density at radius 3 is 2.62 bits per heavy atom. The van der Waals surface area contributed by atoms with Crippen molar-refractivity contribution in [3.8, 4) is 17.1 Å². The zero-order valence-electron chi connectivity index (χ0n) is 17.9. The van der Waals surface area contributed by atoms with Crippen LogP contribution in [0, 0.1) is 19.7 Å². The molecule has 4 aromatic rings. The number of sulfonamides is 1. The first kappa shape index (κ1) is 22.4. The van der Waals surface area contributed by atoms with E-state index in [4.69, 9.17) is 4.74 Å². The molecule has 0 unspecified atom stereocenters. The van der Waals surface area contributed by atoms with Crippen LogP contribution >= 0.6 is 11.3 Å². The maximum absolute atomic E-state index is 13.5. The fraction of sp³-hybridized carbons (Fsp3) is 0.273. The Morgan fingerprint density at radius 1 is 1.19 bits per heavy atom. The second kappa shape index (κ2) is 8.97. The number of fused-ring (bicyclic) bond motifs is 1. The molecule has 0 aliphatic heterocycles. The summed E-state index contributed by atoms with van der Waals surface area (Å²) in [6.45, 7) is 6.28. The second-order valence-electron chi connectivity index (χ2n) is 7.33. The van der Waals surface area contributed by atoms with Crippen LogP contribution in [-0.4, -0.2) is 36.2 Å². The van der Waals surface area contributed by atoms with Crippen LogP contribution in [0.5, 0.6) is 5.75 Å². The molecule has 2 aromatic carbocycles. The maximum atomic E-state index is 13.5. The lowest BCUT2D eigenvalue weighted by Gasteiger charge is -2.13. The van der Waals surface area contributed by atoms with Crippen molar-refractivity contribution < 1.29 is 17.5 Å². The highest BCUT2D eigenvalue weighted by Gasteiger charge is 2.18. The van der Waals surface area contributed by atoms with Gasteiger partial charge >= 0.3 is 0 Å². The first-order valence-electron chi connectivity index (χ1n) is 10.1.